The lowest BCUT2D eigenvalue weighted by atomic mass is 10.2. The van der Waals surface area contributed by atoms with E-state index in [0.29, 0.717) is 5.75 Å². The first-order valence-corrected chi connectivity index (χ1v) is 3.78. The molecule has 1 rings (SSSR count). The van der Waals surface area contributed by atoms with E-state index in [9.17, 15) is 5.11 Å². The zero-order valence-corrected chi connectivity index (χ0v) is 6.89. The number of benzene rings is 1. The average Bonchev–Trinajstić information content (AvgIpc) is 1.97. The number of aryl methyl sites for hydroxylation is 1. The zero-order chi connectivity index (χ0) is 8.27. The molecule has 0 aromatic heterocycles. The van der Waals surface area contributed by atoms with E-state index in [2.05, 4.69) is 5.32 Å². The Morgan fingerprint density at radius 1 is 1.45 bits per heavy atom. The summed E-state index contributed by atoms with van der Waals surface area (Å²) in [6.45, 7) is 4.81. The van der Waals surface area contributed by atoms with E-state index >= 15 is 0 Å². The maximum atomic E-state index is 9.36. The SMILES string of the molecule is CCNc1c(C)cccc1O. The molecule has 2 N–H and O–H groups in total. The van der Waals surface area contributed by atoms with Crippen LogP contribution in [0.15, 0.2) is 18.2 Å². The molecule has 0 bridgehead atoms. The van der Waals surface area contributed by atoms with E-state index in [1.807, 2.05) is 26.0 Å². The first kappa shape index (κ1) is 7.92. The summed E-state index contributed by atoms with van der Waals surface area (Å²) in [6.07, 6.45) is 0. The standard InChI is InChI=1S/C9H13NO/c1-3-10-9-7(2)5-4-6-8(9)11/h4-6,10-11H,3H2,1-2H3. The topological polar surface area (TPSA) is 32.3 Å². The molecule has 0 amide bonds. The van der Waals surface area contributed by atoms with Crippen LogP contribution in [0.25, 0.3) is 0 Å². The quantitative estimate of drug-likeness (QED) is 0.634. The third kappa shape index (κ3) is 1.64. The highest BCUT2D eigenvalue weighted by Crippen LogP contribution is 2.25. The monoisotopic (exact) mass is 151 g/mol. The van der Waals surface area contributed by atoms with Crippen molar-refractivity contribution in [3.63, 3.8) is 0 Å². The number of para-hydroxylation sites is 1. The van der Waals surface area contributed by atoms with Gasteiger partial charge in [0.15, 0.2) is 0 Å². The van der Waals surface area contributed by atoms with Crippen molar-refractivity contribution in [1.29, 1.82) is 0 Å². The predicted molar refractivity (Wildman–Crippen MR) is 47.0 cm³/mol. The lowest BCUT2D eigenvalue weighted by molar-refractivity contribution is 0.477. The van der Waals surface area contributed by atoms with Gasteiger partial charge in [-0.25, -0.2) is 0 Å². The van der Waals surface area contributed by atoms with Crippen LogP contribution in [0.5, 0.6) is 5.75 Å². The minimum absolute atomic E-state index is 0.326. The smallest absolute Gasteiger partial charge is 0.138 e. The van der Waals surface area contributed by atoms with Crippen LogP contribution < -0.4 is 5.32 Å². The van der Waals surface area contributed by atoms with Gasteiger partial charge in [0.25, 0.3) is 0 Å². The highest BCUT2D eigenvalue weighted by molar-refractivity contribution is 5.60. The van der Waals surface area contributed by atoms with E-state index in [1.165, 1.54) is 0 Å². The molecule has 0 radical (unpaired) electrons. The predicted octanol–water partition coefficient (Wildman–Crippen LogP) is 2.13. The first-order chi connectivity index (χ1) is 5.25. The van der Waals surface area contributed by atoms with Gasteiger partial charge in [0, 0.05) is 6.54 Å². The number of phenolic OH excluding ortho intramolecular Hbond substituents is 1. The number of hydrogen-bond donors (Lipinski definition) is 2. The van der Waals surface area contributed by atoms with Gasteiger partial charge in [-0.05, 0) is 25.5 Å². The van der Waals surface area contributed by atoms with Crippen molar-refractivity contribution in [2.45, 2.75) is 13.8 Å². The second kappa shape index (κ2) is 3.28. The molecule has 60 valence electrons. The summed E-state index contributed by atoms with van der Waals surface area (Å²) < 4.78 is 0. The Morgan fingerprint density at radius 3 is 2.73 bits per heavy atom. The third-order valence-electron chi connectivity index (χ3n) is 1.60. The van der Waals surface area contributed by atoms with Crippen molar-refractivity contribution in [3.05, 3.63) is 23.8 Å². The molecule has 0 saturated heterocycles. The van der Waals surface area contributed by atoms with Gasteiger partial charge < -0.3 is 10.4 Å². The van der Waals surface area contributed by atoms with Gasteiger partial charge in [0.1, 0.15) is 5.75 Å². The van der Waals surface area contributed by atoms with Gasteiger partial charge in [-0.2, -0.15) is 0 Å². The molecule has 0 spiro atoms. The number of phenols is 1. The summed E-state index contributed by atoms with van der Waals surface area (Å²) in [7, 11) is 0. The van der Waals surface area contributed by atoms with Gasteiger partial charge in [-0.3, -0.25) is 0 Å². The molecular formula is C9H13NO. The fourth-order valence-electron chi connectivity index (χ4n) is 1.06. The Hall–Kier alpha value is -1.18. The molecule has 1 aromatic rings. The van der Waals surface area contributed by atoms with Crippen LogP contribution in [0.2, 0.25) is 0 Å². The molecule has 1 aromatic carbocycles. The Bertz CT molecular complexity index is 225. The molecule has 0 saturated carbocycles. The van der Waals surface area contributed by atoms with Crippen molar-refractivity contribution >= 4 is 5.69 Å². The lowest BCUT2D eigenvalue weighted by Crippen LogP contribution is -1.98. The van der Waals surface area contributed by atoms with Crippen LogP contribution in [0.3, 0.4) is 0 Å². The summed E-state index contributed by atoms with van der Waals surface area (Å²) >= 11 is 0. The fourth-order valence-corrected chi connectivity index (χ4v) is 1.06. The summed E-state index contributed by atoms with van der Waals surface area (Å²) in [5, 5.41) is 12.5. The molecule has 0 unspecified atom stereocenters. The number of nitrogens with one attached hydrogen (secondary N) is 1. The summed E-state index contributed by atoms with van der Waals surface area (Å²) in [5.41, 5.74) is 1.92. The van der Waals surface area contributed by atoms with E-state index in [4.69, 9.17) is 0 Å². The minimum Gasteiger partial charge on any atom is -0.506 e. The molecule has 0 aliphatic heterocycles. The third-order valence-corrected chi connectivity index (χ3v) is 1.60. The molecule has 0 aliphatic carbocycles. The number of aromatic hydroxyl groups is 1. The highest BCUT2D eigenvalue weighted by Gasteiger charge is 2.00. The number of anilines is 1. The summed E-state index contributed by atoms with van der Waals surface area (Å²) in [4.78, 5) is 0. The summed E-state index contributed by atoms with van der Waals surface area (Å²) in [5.74, 6) is 0.326. The first-order valence-electron chi connectivity index (χ1n) is 3.78. The summed E-state index contributed by atoms with van der Waals surface area (Å²) in [6, 6.07) is 5.49. The Kier molecular flexibility index (Phi) is 2.36. The Morgan fingerprint density at radius 2 is 2.18 bits per heavy atom. The van der Waals surface area contributed by atoms with Crippen LogP contribution in [-0.4, -0.2) is 11.7 Å². The van der Waals surface area contributed by atoms with Crippen molar-refractivity contribution < 1.29 is 5.11 Å². The maximum Gasteiger partial charge on any atom is 0.138 e. The van der Waals surface area contributed by atoms with E-state index < -0.39 is 0 Å². The molecule has 0 aliphatic rings. The van der Waals surface area contributed by atoms with Crippen molar-refractivity contribution in [2.75, 3.05) is 11.9 Å². The maximum absolute atomic E-state index is 9.36. The molecular weight excluding hydrogens is 138 g/mol. The van der Waals surface area contributed by atoms with Gasteiger partial charge in [0.2, 0.25) is 0 Å². The van der Waals surface area contributed by atoms with Crippen molar-refractivity contribution in [1.82, 2.24) is 0 Å². The van der Waals surface area contributed by atoms with Gasteiger partial charge in [-0.1, -0.05) is 12.1 Å². The van der Waals surface area contributed by atoms with E-state index in [-0.39, 0.29) is 0 Å². The normalized spacial score (nSPS) is 9.64. The Balaban J connectivity index is 3.00. The molecule has 2 heteroatoms. The van der Waals surface area contributed by atoms with Crippen LogP contribution in [0, 0.1) is 6.92 Å². The van der Waals surface area contributed by atoms with Crippen LogP contribution in [0.1, 0.15) is 12.5 Å². The fraction of sp³-hybridized carbons (Fsp3) is 0.333. The van der Waals surface area contributed by atoms with Gasteiger partial charge in [0.05, 0.1) is 5.69 Å². The lowest BCUT2D eigenvalue weighted by Gasteiger charge is -2.08. The largest absolute Gasteiger partial charge is 0.506 e. The van der Waals surface area contributed by atoms with Crippen LogP contribution in [-0.2, 0) is 0 Å². The highest BCUT2D eigenvalue weighted by atomic mass is 16.3. The molecule has 11 heavy (non-hydrogen) atoms. The van der Waals surface area contributed by atoms with Gasteiger partial charge >= 0.3 is 0 Å². The Labute approximate surface area is 66.9 Å². The molecule has 0 atom stereocenters. The number of rotatable bonds is 2. The van der Waals surface area contributed by atoms with Crippen LogP contribution >= 0.6 is 0 Å². The van der Waals surface area contributed by atoms with Crippen LogP contribution in [0.4, 0.5) is 5.69 Å². The van der Waals surface area contributed by atoms with E-state index in [0.717, 1.165) is 17.8 Å². The molecule has 0 heterocycles. The average molecular weight is 151 g/mol. The molecule has 0 fully saturated rings. The number of hydrogen-bond acceptors (Lipinski definition) is 2. The van der Waals surface area contributed by atoms with Gasteiger partial charge in [-0.15, -0.1) is 0 Å². The van der Waals surface area contributed by atoms with Crippen molar-refractivity contribution in [3.8, 4) is 5.75 Å². The molecule has 2 nitrogen and oxygen atoms in total. The second-order valence-electron chi connectivity index (χ2n) is 2.50. The minimum atomic E-state index is 0.326. The zero-order valence-electron chi connectivity index (χ0n) is 6.89. The second-order valence-corrected chi connectivity index (χ2v) is 2.50. The van der Waals surface area contributed by atoms with E-state index in [1.54, 1.807) is 6.07 Å². The van der Waals surface area contributed by atoms with Crippen molar-refractivity contribution in [2.24, 2.45) is 0 Å².